The molecule has 0 aliphatic carbocycles. The fraction of sp³-hybridized carbons (Fsp3) is 0.667. The van der Waals surface area contributed by atoms with Gasteiger partial charge < -0.3 is 15.4 Å². The van der Waals surface area contributed by atoms with Gasteiger partial charge in [0, 0.05) is 26.8 Å². The van der Waals surface area contributed by atoms with E-state index < -0.39 is 0 Å². The van der Waals surface area contributed by atoms with E-state index in [0.717, 1.165) is 43.2 Å². The molecule has 6 heteroatoms. The largest absolute Gasteiger partial charge is 0.385 e. The number of aromatic nitrogens is 2. The smallest absolute Gasteiger partial charge is 0.170 e. The van der Waals surface area contributed by atoms with Crippen molar-refractivity contribution in [2.75, 3.05) is 25.6 Å². The second-order valence-electron chi connectivity index (χ2n) is 4.09. The van der Waals surface area contributed by atoms with Gasteiger partial charge in [0.2, 0.25) is 0 Å². The Bertz CT molecular complexity index is 403. The molecule has 0 radical (unpaired) electrons. The molecule has 0 amide bonds. The van der Waals surface area contributed by atoms with Gasteiger partial charge in [0.05, 0.1) is 17.1 Å². The zero-order valence-corrected chi connectivity index (χ0v) is 12.4. The zero-order valence-electron chi connectivity index (χ0n) is 11.5. The minimum atomic E-state index is 0.632. The predicted octanol–water partition coefficient (Wildman–Crippen LogP) is 1.84. The lowest BCUT2D eigenvalue weighted by atomic mass is 10.3. The Hall–Kier alpha value is -1.14. The van der Waals surface area contributed by atoms with Crippen molar-refractivity contribution in [1.82, 2.24) is 15.1 Å². The first-order valence-corrected chi connectivity index (χ1v) is 6.58. The molecule has 0 aromatic carbocycles. The summed E-state index contributed by atoms with van der Waals surface area (Å²) >= 11 is 5.25. The molecule has 0 aliphatic rings. The second-order valence-corrected chi connectivity index (χ2v) is 4.50. The maximum Gasteiger partial charge on any atom is 0.170 e. The fourth-order valence-corrected chi connectivity index (χ4v) is 1.97. The number of ether oxygens (including phenoxy) is 1. The number of aryl methyl sites for hydroxylation is 2. The fourth-order valence-electron chi connectivity index (χ4n) is 1.76. The Labute approximate surface area is 114 Å². The molecule has 0 saturated carbocycles. The quantitative estimate of drug-likeness (QED) is 0.610. The van der Waals surface area contributed by atoms with E-state index in [4.69, 9.17) is 17.0 Å². The molecule has 0 saturated heterocycles. The van der Waals surface area contributed by atoms with E-state index in [0.29, 0.717) is 5.11 Å². The van der Waals surface area contributed by atoms with Crippen LogP contribution in [0.5, 0.6) is 0 Å². The summed E-state index contributed by atoms with van der Waals surface area (Å²) in [4.78, 5) is 0. The molecular formula is C12H22N4OS. The first kappa shape index (κ1) is 14.9. The van der Waals surface area contributed by atoms with Crippen LogP contribution in [0.15, 0.2) is 0 Å². The number of anilines is 1. The van der Waals surface area contributed by atoms with E-state index in [1.807, 2.05) is 18.5 Å². The van der Waals surface area contributed by atoms with Crippen LogP contribution in [-0.2, 0) is 11.3 Å². The molecule has 18 heavy (non-hydrogen) atoms. The van der Waals surface area contributed by atoms with E-state index in [1.54, 1.807) is 7.11 Å². The lowest BCUT2D eigenvalue weighted by molar-refractivity contribution is 0.196. The van der Waals surface area contributed by atoms with Gasteiger partial charge in [-0.25, -0.2) is 0 Å². The highest BCUT2D eigenvalue weighted by Gasteiger charge is 2.11. The summed E-state index contributed by atoms with van der Waals surface area (Å²) < 4.78 is 6.94. The van der Waals surface area contributed by atoms with Crippen LogP contribution < -0.4 is 10.6 Å². The Morgan fingerprint density at radius 3 is 2.72 bits per heavy atom. The first-order valence-electron chi connectivity index (χ1n) is 6.18. The van der Waals surface area contributed by atoms with E-state index in [-0.39, 0.29) is 0 Å². The molecule has 0 fully saturated rings. The van der Waals surface area contributed by atoms with Crippen LogP contribution in [-0.4, -0.2) is 35.2 Å². The molecule has 2 N–H and O–H groups in total. The average molecular weight is 270 g/mol. The molecule has 1 rings (SSSR count). The number of hydrogen-bond donors (Lipinski definition) is 2. The minimum Gasteiger partial charge on any atom is -0.385 e. The summed E-state index contributed by atoms with van der Waals surface area (Å²) in [5.74, 6) is 0. The monoisotopic (exact) mass is 270 g/mol. The highest BCUT2D eigenvalue weighted by molar-refractivity contribution is 7.80. The number of hydrogen-bond acceptors (Lipinski definition) is 3. The van der Waals surface area contributed by atoms with Crippen LogP contribution in [0.2, 0.25) is 0 Å². The van der Waals surface area contributed by atoms with Crippen LogP contribution >= 0.6 is 12.2 Å². The summed E-state index contributed by atoms with van der Waals surface area (Å²) in [7, 11) is 1.70. The van der Waals surface area contributed by atoms with Crippen molar-refractivity contribution in [2.45, 2.75) is 33.7 Å². The molecule has 5 nitrogen and oxygen atoms in total. The molecule has 102 valence electrons. The van der Waals surface area contributed by atoms with Gasteiger partial charge in [-0.2, -0.15) is 5.10 Å². The van der Waals surface area contributed by atoms with E-state index in [9.17, 15) is 0 Å². The van der Waals surface area contributed by atoms with Gasteiger partial charge in [-0.3, -0.25) is 4.68 Å². The standard InChI is InChI=1S/C12H22N4OS/c1-5-16-10(3)11(9(2)15-16)14-12(18)13-7-6-8-17-4/h5-8H2,1-4H3,(H2,13,14,18). The van der Waals surface area contributed by atoms with Gasteiger partial charge in [0.15, 0.2) is 5.11 Å². The van der Waals surface area contributed by atoms with Crippen molar-refractivity contribution in [1.29, 1.82) is 0 Å². The Balaban J connectivity index is 2.51. The van der Waals surface area contributed by atoms with Crippen LogP contribution in [0.3, 0.4) is 0 Å². The maximum atomic E-state index is 5.25. The summed E-state index contributed by atoms with van der Waals surface area (Å²) in [6, 6.07) is 0. The van der Waals surface area contributed by atoms with Gasteiger partial charge in [-0.05, 0) is 39.4 Å². The van der Waals surface area contributed by atoms with E-state index >= 15 is 0 Å². The third-order valence-electron chi connectivity index (χ3n) is 2.73. The van der Waals surface area contributed by atoms with Crippen LogP contribution in [0.25, 0.3) is 0 Å². The summed E-state index contributed by atoms with van der Waals surface area (Å²) in [5, 5.41) is 11.4. The number of nitrogens with one attached hydrogen (secondary N) is 2. The molecule has 0 atom stereocenters. The third kappa shape index (κ3) is 3.96. The third-order valence-corrected chi connectivity index (χ3v) is 2.98. The lowest BCUT2D eigenvalue weighted by Crippen LogP contribution is -2.30. The molecule has 0 unspecified atom stereocenters. The molecule has 1 heterocycles. The normalized spacial score (nSPS) is 10.4. The SMILES string of the molecule is CCn1nc(C)c(NC(=S)NCCCOC)c1C. The van der Waals surface area contributed by atoms with Gasteiger partial charge in [0.25, 0.3) is 0 Å². The average Bonchev–Trinajstić information content (AvgIpc) is 2.62. The molecule has 0 spiro atoms. The van der Waals surface area contributed by atoms with Gasteiger partial charge in [-0.1, -0.05) is 0 Å². The van der Waals surface area contributed by atoms with Crippen LogP contribution in [0.4, 0.5) is 5.69 Å². The summed E-state index contributed by atoms with van der Waals surface area (Å²) in [6.07, 6.45) is 0.935. The van der Waals surface area contributed by atoms with Gasteiger partial charge in [0.1, 0.15) is 0 Å². The lowest BCUT2D eigenvalue weighted by Gasteiger charge is -2.10. The second kappa shape index (κ2) is 7.33. The molecular weight excluding hydrogens is 248 g/mol. The number of nitrogens with zero attached hydrogens (tertiary/aromatic N) is 2. The highest BCUT2D eigenvalue weighted by atomic mass is 32.1. The van der Waals surface area contributed by atoms with Crippen molar-refractivity contribution < 1.29 is 4.74 Å². The van der Waals surface area contributed by atoms with Crippen LogP contribution in [0.1, 0.15) is 24.7 Å². The van der Waals surface area contributed by atoms with Crippen molar-refractivity contribution in [3.63, 3.8) is 0 Å². The topological polar surface area (TPSA) is 51.1 Å². The number of rotatable bonds is 6. The minimum absolute atomic E-state index is 0.632. The first-order chi connectivity index (χ1) is 8.60. The van der Waals surface area contributed by atoms with E-state index in [2.05, 4.69) is 22.7 Å². The molecule has 1 aromatic rings. The summed E-state index contributed by atoms with van der Waals surface area (Å²) in [5.41, 5.74) is 3.08. The molecule has 0 bridgehead atoms. The van der Waals surface area contributed by atoms with Crippen molar-refractivity contribution >= 4 is 23.0 Å². The van der Waals surface area contributed by atoms with Gasteiger partial charge >= 0.3 is 0 Å². The van der Waals surface area contributed by atoms with Crippen molar-refractivity contribution in [3.05, 3.63) is 11.4 Å². The number of thiocarbonyl (C=S) groups is 1. The van der Waals surface area contributed by atoms with Crippen molar-refractivity contribution in [3.8, 4) is 0 Å². The van der Waals surface area contributed by atoms with Crippen molar-refractivity contribution in [2.24, 2.45) is 0 Å². The van der Waals surface area contributed by atoms with Crippen LogP contribution in [0, 0.1) is 13.8 Å². The molecule has 1 aromatic heterocycles. The Morgan fingerprint density at radius 2 is 2.17 bits per heavy atom. The molecule has 0 aliphatic heterocycles. The predicted molar refractivity (Wildman–Crippen MR) is 78.1 cm³/mol. The number of methoxy groups -OCH3 is 1. The Morgan fingerprint density at radius 1 is 1.44 bits per heavy atom. The van der Waals surface area contributed by atoms with Gasteiger partial charge in [-0.15, -0.1) is 0 Å². The zero-order chi connectivity index (χ0) is 13.5. The van der Waals surface area contributed by atoms with E-state index in [1.165, 1.54) is 0 Å². The highest BCUT2D eigenvalue weighted by Crippen LogP contribution is 2.18. The summed E-state index contributed by atoms with van der Waals surface area (Å²) in [6.45, 7) is 8.50. The maximum absolute atomic E-state index is 5.25. The Kier molecular flexibility index (Phi) is 6.07.